The molecular formula is C22H24FN3O3. The van der Waals surface area contributed by atoms with Crippen molar-refractivity contribution < 1.29 is 18.7 Å². The second-order valence-electron chi connectivity index (χ2n) is 7.37. The topological polar surface area (TPSA) is 84.1 Å². The summed E-state index contributed by atoms with van der Waals surface area (Å²) in [6, 6.07) is 7.96. The third-order valence-electron chi connectivity index (χ3n) is 5.44. The van der Waals surface area contributed by atoms with Gasteiger partial charge < -0.3 is 14.6 Å². The molecule has 2 aromatic rings. The van der Waals surface area contributed by atoms with E-state index in [9.17, 15) is 19.2 Å². The highest BCUT2D eigenvalue weighted by atomic mass is 19.1. The highest BCUT2D eigenvalue weighted by Gasteiger charge is 2.26. The maximum atomic E-state index is 12.9. The summed E-state index contributed by atoms with van der Waals surface area (Å²) in [5.74, 6) is -0.976. The summed E-state index contributed by atoms with van der Waals surface area (Å²) < 4.78 is 20.0. The van der Waals surface area contributed by atoms with Gasteiger partial charge in [0.25, 0.3) is 5.91 Å². The van der Waals surface area contributed by atoms with Crippen molar-refractivity contribution in [3.8, 4) is 6.07 Å². The molecule has 1 N–H and O–H groups in total. The number of nitriles is 1. The van der Waals surface area contributed by atoms with Crippen LogP contribution in [-0.2, 0) is 20.7 Å². The van der Waals surface area contributed by atoms with E-state index in [0.29, 0.717) is 16.9 Å². The number of nitrogens with one attached hydrogen (secondary N) is 1. The summed E-state index contributed by atoms with van der Waals surface area (Å²) in [6.45, 7) is 3.38. The third kappa shape index (κ3) is 4.65. The maximum Gasteiger partial charge on any atom is 0.310 e. The molecule has 0 radical (unpaired) electrons. The predicted octanol–water partition coefficient (Wildman–Crippen LogP) is 3.96. The van der Waals surface area contributed by atoms with E-state index >= 15 is 0 Å². The third-order valence-corrected chi connectivity index (χ3v) is 5.44. The van der Waals surface area contributed by atoms with Gasteiger partial charge in [-0.15, -0.1) is 0 Å². The minimum Gasteiger partial charge on any atom is -0.455 e. The van der Waals surface area contributed by atoms with Gasteiger partial charge in [0.05, 0.1) is 12.0 Å². The van der Waals surface area contributed by atoms with E-state index in [1.54, 1.807) is 0 Å². The number of carbonyl (C=O) groups is 2. The summed E-state index contributed by atoms with van der Waals surface area (Å²) in [4.78, 5) is 24.4. The van der Waals surface area contributed by atoms with Gasteiger partial charge in [-0.3, -0.25) is 9.59 Å². The van der Waals surface area contributed by atoms with Crippen LogP contribution in [0, 0.1) is 31.0 Å². The van der Waals surface area contributed by atoms with E-state index in [-0.39, 0.29) is 18.3 Å². The number of anilines is 1. The average Bonchev–Trinajstić information content (AvgIpc) is 3.29. The van der Waals surface area contributed by atoms with E-state index in [1.807, 2.05) is 18.4 Å². The van der Waals surface area contributed by atoms with E-state index in [0.717, 1.165) is 36.9 Å². The number of esters is 1. The standard InChI is InChI=1S/C22H24FN3O3/c1-14-15(2)26(18-5-3-4-6-18)22(19(14)12-24)25-20(27)13-29-21(28)11-16-7-9-17(23)10-8-16/h7-10,18H,3-6,11,13H2,1-2H3,(H,25,27). The molecule has 0 unspecified atom stereocenters. The van der Waals surface area contributed by atoms with Crippen molar-refractivity contribution in [3.05, 3.63) is 52.5 Å². The zero-order valence-electron chi connectivity index (χ0n) is 16.6. The zero-order valence-corrected chi connectivity index (χ0v) is 16.6. The van der Waals surface area contributed by atoms with Crippen molar-refractivity contribution in [2.45, 2.75) is 52.0 Å². The molecule has 0 spiro atoms. The van der Waals surface area contributed by atoms with Crippen LogP contribution in [0.25, 0.3) is 0 Å². The highest BCUT2D eigenvalue weighted by Crippen LogP contribution is 2.37. The average molecular weight is 397 g/mol. The van der Waals surface area contributed by atoms with Crippen LogP contribution >= 0.6 is 0 Å². The number of ether oxygens (including phenoxy) is 1. The summed E-state index contributed by atoms with van der Waals surface area (Å²) in [7, 11) is 0. The number of halogens is 1. The molecule has 1 aromatic heterocycles. The number of hydrogen-bond acceptors (Lipinski definition) is 4. The number of benzene rings is 1. The Balaban J connectivity index is 1.65. The molecule has 7 heteroatoms. The Morgan fingerprint density at radius 1 is 1.24 bits per heavy atom. The van der Waals surface area contributed by atoms with Crippen LogP contribution in [-0.4, -0.2) is 23.1 Å². The molecule has 0 saturated heterocycles. The normalized spacial score (nSPS) is 13.9. The molecule has 3 rings (SSSR count). The number of hydrogen-bond donors (Lipinski definition) is 1. The summed E-state index contributed by atoms with van der Waals surface area (Å²) in [5.41, 5.74) is 2.87. The van der Waals surface area contributed by atoms with Crippen molar-refractivity contribution in [3.63, 3.8) is 0 Å². The molecule has 152 valence electrons. The van der Waals surface area contributed by atoms with Crippen LogP contribution in [0.1, 0.15) is 54.1 Å². The lowest BCUT2D eigenvalue weighted by Crippen LogP contribution is -2.24. The first kappa shape index (κ1) is 20.6. The van der Waals surface area contributed by atoms with Gasteiger partial charge in [0.1, 0.15) is 17.7 Å². The van der Waals surface area contributed by atoms with Gasteiger partial charge in [-0.05, 0) is 49.9 Å². The number of aromatic nitrogens is 1. The second-order valence-corrected chi connectivity index (χ2v) is 7.37. The number of carbonyl (C=O) groups excluding carboxylic acids is 2. The van der Waals surface area contributed by atoms with Crippen LogP contribution in [0.5, 0.6) is 0 Å². The van der Waals surface area contributed by atoms with Gasteiger partial charge in [0, 0.05) is 11.7 Å². The Bertz CT molecular complexity index is 951. The van der Waals surface area contributed by atoms with Crippen molar-refractivity contribution in [1.82, 2.24) is 4.57 Å². The fourth-order valence-corrected chi connectivity index (χ4v) is 3.84. The lowest BCUT2D eigenvalue weighted by Gasteiger charge is -2.19. The summed E-state index contributed by atoms with van der Waals surface area (Å²) >= 11 is 0. The van der Waals surface area contributed by atoms with Crippen molar-refractivity contribution >= 4 is 17.7 Å². The van der Waals surface area contributed by atoms with Crippen LogP contribution in [0.3, 0.4) is 0 Å². The Morgan fingerprint density at radius 2 is 1.90 bits per heavy atom. The monoisotopic (exact) mass is 397 g/mol. The Hall–Kier alpha value is -3.14. The lowest BCUT2D eigenvalue weighted by atomic mass is 10.1. The fraction of sp³-hybridized carbons (Fsp3) is 0.409. The highest BCUT2D eigenvalue weighted by molar-refractivity contribution is 5.93. The fourth-order valence-electron chi connectivity index (χ4n) is 3.84. The Labute approximate surface area is 169 Å². The Morgan fingerprint density at radius 3 is 2.52 bits per heavy atom. The summed E-state index contributed by atoms with van der Waals surface area (Å²) in [6.07, 6.45) is 4.22. The van der Waals surface area contributed by atoms with Crippen molar-refractivity contribution in [2.24, 2.45) is 0 Å². The molecular weight excluding hydrogens is 373 g/mol. The van der Waals surface area contributed by atoms with E-state index in [4.69, 9.17) is 4.74 Å². The molecule has 1 aromatic carbocycles. The largest absolute Gasteiger partial charge is 0.455 e. The molecule has 0 atom stereocenters. The van der Waals surface area contributed by atoms with Crippen molar-refractivity contribution in [2.75, 3.05) is 11.9 Å². The van der Waals surface area contributed by atoms with Crippen LogP contribution in [0.4, 0.5) is 10.2 Å². The molecule has 0 aliphatic heterocycles. The molecule has 0 bridgehead atoms. The summed E-state index contributed by atoms with van der Waals surface area (Å²) in [5, 5.41) is 12.3. The first-order valence-corrected chi connectivity index (χ1v) is 9.72. The maximum absolute atomic E-state index is 12.9. The first-order valence-electron chi connectivity index (χ1n) is 9.72. The Kier molecular flexibility index (Phi) is 6.32. The molecule has 1 saturated carbocycles. The SMILES string of the molecule is Cc1c(C#N)c(NC(=O)COC(=O)Cc2ccc(F)cc2)n(C2CCCC2)c1C. The first-order chi connectivity index (χ1) is 13.9. The van der Waals surface area contributed by atoms with Crippen LogP contribution in [0.2, 0.25) is 0 Å². The lowest BCUT2D eigenvalue weighted by molar-refractivity contribution is -0.146. The molecule has 1 heterocycles. The zero-order chi connectivity index (χ0) is 21.0. The molecule has 29 heavy (non-hydrogen) atoms. The quantitative estimate of drug-likeness (QED) is 0.748. The molecule has 1 fully saturated rings. The smallest absolute Gasteiger partial charge is 0.310 e. The van der Waals surface area contributed by atoms with E-state index in [1.165, 1.54) is 24.3 Å². The second kappa shape index (κ2) is 8.91. The molecule has 1 amide bonds. The van der Waals surface area contributed by atoms with Gasteiger partial charge in [0.15, 0.2) is 6.61 Å². The van der Waals surface area contributed by atoms with E-state index < -0.39 is 18.5 Å². The van der Waals surface area contributed by atoms with Gasteiger partial charge >= 0.3 is 5.97 Å². The van der Waals surface area contributed by atoms with Crippen LogP contribution in [0.15, 0.2) is 24.3 Å². The number of rotatable bonds is 6. The minimum absolute atomic E-state index is 0.0479. The molecule has 1 aliphatic rings. The van der Waals surface area contributed by atoms with Gasteiger partial charge in [0.2, 0.25) is 0 Å². The molecule has 6 nitrogen and oxygen atoms in total. The van der Waals surface area contributed by atoms with Gasteiger partial charge in [-0.25, -0.2) is 4.39 Å². The van der Waals surface area contributed by atoms with Gasteiger partial charge in [-0.2, -0.15) is 5.26 Å². The van der Waals surface area contributed by atoms with E-state index in [2.05, 4.69) is 11.4 Å². The molecule has 1 aliphatic carbocycles. The number of amides is 1. The minimum atomic E-state index is -0.578. The van der Waals surface area contributed by atoms with Crippen molar-refractivity contribution in [1.29, 1.82) is 5.26 Å². The number of nitrogens with zero attached hydrogens (tertiary/aromatic N) is 2. The van der Waals surface area contributed by atoms with Gasteiger partial charge in [-0.1, -0.05) is 25.0 Å². The van der Waals surface area contributed by atoms with Crippen LogP contribution < -0.4 is 5.32 Å². The predicted molar refractivity (Wildman–Crippen MR) is 106 cm³/mol.